The molecule has 1 amide bonds. The van der Waals surface area contributed by atoms with Crippen LogP contribution in [0.15, 0.2) is 83.9 Å². The van der Waals surface area contributed by atoms with Gasteiger partial charge >= 0.3 is 0 Å². The summed E-state index contributed by atoms with van der Waals surface area (Å²) in [5, 5.41) is 0.496. The highest BCUT2D eigenvalue weighted by molar-refractivity contribution is 8.16. The maximum Gasteiger partial charge on any atom is 0.252 e. The quantitative estimate of drug-likeness (QED) is 0.399. The molecule has 3 aliphatic heterocycles. The van der Waals surface area contributed by atoms with Crippen LogP contribution in [0.1, 0.15) is 29.5 Å². The molecule has 3 heterocycles. The number of thioether (sulfide) groups is 1. The van der Waals surface area contributed by atoms with Crippen LogP contribution in [0.4, 0.5) is 11.4 Å². The van der Waals surface area contributed by atoms with Crippen molar-refractivity contribution in [1.29, 1.82) is 0 Å². The Morgan fingerprint density at radius 3 is 2.25 bits per heavy atom. The van der Waals surface area contributed by atoms with E-state index in [2.05, 4.69) is 64.5 Å². The molecule has 6 nitrogen and oxygen atoms in total. The molecule has 3 aromatic carbocycles. The zero-order chi connectivity index (χ0) is 27.7. The van der Waals surface area contributed by atoms with E-state index in [-0.39, 0.29) is 35.1 Å². The van der Waals surface area contributed by atoms with Gasteiger partial charge in [-0.15, -0.1) is 0 Å². The molecule has 40 heavy (non-hydrogen) atoms. The van der Waals surface area contributed by atoms with Gasteiger partial charge in [0.2, 0.25) is 0 Å². The molecule has 6 rings (SSSR count). The second-order valence-corrected chi connectivity index (χ2v) is 14.6. The number of rotatable bonds is 6. The minimum Gasteiger partial charge on any atom is -0.372 e. The number of hydrogen-bond donors (Lipinski definition) is 0. The van der Waals surface area contributed by atoms with Gasteiger partial charge in [-0.3, -0.25) is 4.79 Å². The lowest BCUT2D eigenvalue weighted by Gasteiger charge is -2.34. The molecule has 208 valence electrons. The number of anilines is 2. The first-order valence-corrected chi connectivity index (χ1v) is 16.8. The third-order valence-corrected chi connectivity index (χ3v) is 11.4. The first-order valence-electron chi connectivity index (χ1n) is 14.1. The smallest absolute Gasteiger partial charge is 0.252 e. The van der Waals surface area contributed by atoms with E-state index in [0.717, 1.165) is 36.3 Å². The molecule has 8 heteroatoms. The number of amides is 1. The van der Waals surface area contributed by atoms with Gasteiger partial charge in [0.25, 0.3) is 5.91 Å². The van der Waals surface area contributed by atoms with Gasteiger partial charge in [-0.2, -0.15) is 4.99 Å². The van der Waals surface area contributed by atoms with Crippen molar-refractivity contribution in [2.24, 2.45) is 10.9 Å². The van der Waals surface area contributed by atoms with Crippen molar-refractivity contribution in [2.75, 3.05) is 34.4 Å². The van der Waals surface area contributed by atoms with Crippen molar-refractivity contribution in [1.82, 2.24) is 0 Å². The monoisotopic (exact) mass is 573 g/mol. The van der Waals surface area contributed by atoms with E-state index in [9.17, 15) is 13.2 Å². The summed E-state index contributed by atoms with van der Waals surface area (Å²) in [6.07, 6.45) is 3.70. The molecule has 0 unspecified atom stereocenters. The number of aryl methyl sites for hydroxylation is 1. The molecule has 0 aromatic heterocycles. The molecule has 2 atom stereocenters. The number of nitrogens with zero attached hydrogens (tertiary/aromatic N) is 3. The summed E-state index contributed by atoms with van der Waals surface area (Å²) in [5.41, 5.74) is 5.55. The summed E-state index contributed by atoms with van der Waals surface area (Å²) < 4.78 is 24.9. The molecule has 0 radical (unpaired) electrons. The fraction of sp³-hybridized carbons (Fsp3) is 0.375. The SMILES string of the molecule is Cc1ccc(CC(=O)N=C2S[C@@H]3CS(=O)(=O)C[C@H]3N2c2ccc(N3CCC(Cc4ccccc4)CC3)cc2)cc1. The van der Waals surface area contributed by atoms with E-state index in [1.165, 1.54) is 35.9 Å². The van der Waals surface area contributed by atoms with Gasteiger partial charge in [-0.1, -0.05) is 71.9 Å². The van der Waals surface area contributed by atoms with Gasteiger partial charge in [-0.25, -0.2) is 8.42 Å². The Balaban J connectivity index is 1.16. The van der Waals surface area contributed by atoms with Gasteiger partial charge in [-0.05, 0) is 67.5 Å². The number of piperidine rings is 1. The maximum absolute atomic E-state index is 12.9. The number of amidine groups is 1. The molecule has 3 saturated heterocycles. The van der Waals surface area contributed by atoms with E-state index in [0.29, 0.717) is 11.1 Å². The predicted molar refractivity (Wildman–Crippen MR) is 165 cm³/mol. The van der Waals surface area contributed by atoms with E-state index in [4.69, 9.17) is 0 Å². The average molecular weight is 574 g/mol. The highest BCUT2D eigenvalue weighted by atomic mass is 32.2. The summed E-state index contributed by atoms with van der Waals surface area (Å²) in [6, 6.07) is 26.8. The molecule has 0 aliphatic carbocycles. The molecular weight excluding hydrogens is 539 g/mol. The van der Waals surface area contributed by atoms with Gasteiger partial charge < -0.3 is 9.80 Å². The molecule has 0 bridgehead atoms. The van der Waals surface area contributed by atoms with Gasteiger partial charge in [0.05, 0.1) is 24.0 Å². The first kappa shape index (κ1) is 27.1. The highest BCUT2D eigenvalue weighted by Crippen LogP contribution is 2.41. The summed E-state index contributed by atoms with van der Waals surface area (Å²) in [7, 11) is -3.11. The van der Waals surface area contributed by atoms with Gasteiger partial charge in [0.15, 0.2) is 15.0 Å². The summed E-state index contributed by atoms with van der Waals surface area (Å²) in [6.45, 7) is 4.07. The van der Waals surface area contributed by atoms with Crippen LogP contribution in [0.3, 0.4) is 0 Å². The van der Waals surface area contributed by atoms with Crippen LogP contribution < -0.4 is 9.80 Å². The number of fused-ring (bicyclic) bond motifs is 1. The van der Waals surface area contributed by atoms with E-state index < -0.39 is 9.84 Å². The topological polar surface area (TPSA) is 70.0 Å². The van der Waals surface area contributed by atoms with E-state index >= 15 is 0 Å². The van der Waals surface area contributed by atoms with Crippen molar-refractivity contribution < 1.29 is 13.2 Å². The predicted octanol–water partition coefficient (Wildman–Crippen LogP) is 5.30. The maximum atomic E-state index is 12.9. The van der Waals surface area contributed by atoms with E-state index in [1.807, 2.05) is 36.1 Å². The fourth-order valence-corrected chi connectivity index (χ4v) is 9.99. The van der Waals surface area contributed by atoms with Crippen LogP contribution in [-0.2, 0) is 27.5 Å². The van der Waals surface area contributed by atoms with Crippen molar-refractivity contribution in [3.63, 3.8) is 0 Å². The fourth-order valence-electron chi connectivity index (χ4n) is 6.06. The Hall–Kier alpha value is -3.10. The zero-order valence-corrected chi connectivity index (χ0v) is 24.4. The summed E-state index contributed by atoms with van der Waals surface area (Å²) in [4.78, 5) is 21.9. The lowest BCUT2D eigenvalue weighted by molar-refractivity contribution is -0.117. The Morgan fingerprint density at radius 1 is 0.875 bits per heavy atom. The van der Waals surface area contributed by atoms with Crippen LogP contribution >= 0.6 is 11.8 Å². The molecule has 0 saturated carbocycles. The zero-order valence-electron chi connectivity index (χ0n) is 22.8. The second-order valence-electron chi connectivity index (χ2n) is 11.3. The first-order chi connectivity index (χ1) is 19.3. The molecule has 0 spiro atoms. The lowest BCUT2D eigenvalue weighted by atomic mass is 9.90. The normalized spacial score (nSPS) is 23.5. The molecule has 3 aromatic rings. The van der Waals surface area contributed by atoms with Crippen molar-refractivity contribution >= 4 is 44.0 Å². The van der Waals surface area contributed by atoms with E-state index in [1.54, 1.807) is 0 Å². The minimum absolute atomic E-state index is 0.0898. The van der Waals surface area contributed by atoms with Crippen LogP contribution in [0.5, 0.6) is 0 Å². The highest BCUT2D eigenvalue weighted by Gasteiger charge is 2.49. The van der Waals surface area contributed by atoms with Crippen LogP contribution in [0.2, 0.25) is 0 Å². The number of carbonyl (C=O) groups is 1. The Labute approximate surface area is 241 Å². The number of carbonyl (C=O) groups excluding carboxylic acids is 1. The number of sulfone groups is 1. The van der Waals surface area contributed by atoms with Crippen molar-refractivity contribution in [3.05, 3.63) is 95.6 Å². The standard InChI is InChI=1S/C32H35N3O3S2/c1-23-7-9-25(10-8-23)20-31(36)33-32-35(29-21-40(37,38)22-30(29)39-32)28-13-11-27(12-14-28)34-17-15-26(16-18-34)19-24-5-3-2-4-6-24/h2-14,26,29-30H,15-22H2,1H3/t29-,30-/m1/s1. The Bertz CT molecular complexity index is 1480. The largest absolute Gasteiger partial charge is 0.372 e. The number of hydrogen-bond acceptors (Lipinski definition) is 5. The molecular formula is C32H35N3O3S2. The number of benzene rings is 3. The van der Waals surface area contributed by atoms with Crippen LogP contribution in [-0.4, -0.2) is 55.4 Å². The van der Waals surface area contributed by atoms with Gasteiger partial charge in [0, 0.05) is 29.7 Å². The van der Waals surface area contributed by atoms with Gasteiger partial charge in [0.1, 0.15) is 0 Å². The average Bonchev–Trinajstić information content (AvgIpc) is 3.41. The summed E-state index contributed by atoms with van der Waals surface area (Å²) >= 11 is 1.43. The Kier molecular flexibility index (Phi) is 7.73. The minimum atomic E-state index is -3.11. The van der Waals surface area contributed by atoms with Crippen LogP contribution in [0.25, 0.3) is 0 Å². The third kappa shape index (κ3) is 6.13. The summed E-state index contributed by atoms with van der Waals surface area (Å²) in [5.74, 6) is 0.707. The molecule has 0 N–H and O–H groups in total. The van der Waals surface area contributed by atoms with Crippen molar-refractivity contribution in [3.8, 4) is 0 Å². The number of aliphatic imine (C=N–C) groups is 1. The lowest BCUT2D eigenvalue weighted by Crippen LogP contribution is -2.38. The third-order valence-electron chi connectivity index (χ3n) is 8.24. The van der Waals surface area contributed by atoms with Crippen LogP contribution in [0, 0.1) is 12.8 Å². The molecule has 3 aliphatic rings. The molecule has 3 fully saturated rings. The van der Waals surface area contributed by atoms with Crippen molar-refractivity contribution in [2.45, 2.75) is 43.9 Å². The second kappa shape index (κ2) is 11.4. The Morgan fingerprint density at radius 2 is 1.55 bits per heavy atom.